The van der Waals surface area contributed by atoms with Gasteiger partial charge < -0.3 is 10.6 Å². The van der Waals surface area contributed by atoms with Crippen molar-refractivity contribution in [3.05, 3.63) is 46.6 Å². The first-order chi connectivity index (χ1) is 9.19. The summed E-state index contributed by atoms with van der Waals surface area (Å²) in [6, 6.07) is 6.43. The van der Waals surface area contributed by atoms with Crippen molar-refractivity contribution in [2.45, 2.75) is 6.42 Å². The number of nitrogens with one attached hydrogen (secondary N) is 2. The third-order valence-corrected chi connectivity index (χ3v) is 2.99. The van der Waals surface area contributed by atoms with Gasteiger partial charge in [-0.15, -0.1) is 0 Å². The molecule has 2 aromatic rings. The Morgan fingerprint density at radius 3 is 2.95 bits per heavy atom. The highest BCUT2D eigenvalue weighted by Gasteiger charge is 2.05. The summed E-state index contributed by atoms with van der Waals surface area (Å²) in [6.45, 7) is 0.800. The van der Waals surface area contributed by atoms with Crippen molar-refractivity contribution in [1.82, 2.24) is 15.3 Å². The van der Waals surface area contributed by atoms with Gasteiger partial charge in [0.25, 0.3) is 0 Å². The SMILES string of the molecule is CNCCc1nccc(Nc2cc(Br)ccc2F)n1. The molecule has 6 heteroatoms. The molecular formula is C13H14BrFN4. The van der Waals surface area contributed by atoms with Gasteiger partial charge in [-0.25, -0.2) is 14.4 Å². The third kappa shape index (κ3) is 3.97. The van der Waals surface area contributed by atoms with Crippen molar-refractivity contribution in [3.8, 4) is 0 Å². The van der Waals surface area contributed by atoms with Crippen LogP contribution in [0, 0.1) is 5.82 Å². The number of benzene rings is 1. The van der Waals surface area contributed by atoms with Crippen LogP contribution in [0.25, 0.3) is 0 Å². The first-order valence-electron chi connectivity index (χ1n) is 5.87. The topological polar surface area (TPSA) is 49.8 Å². The summed E-state index contributed by atoms with van der Waals surface area (Å²) in [7, 11) is 1.87. The van der Waals surface area contributed by atoms with Crippen LogP contribution in [-0.4, -0.2) is 23.6 Å². The summed E-state index contributed by atoms with van der Waals surface area (Å²) in [6.07, 6.45) is 2.39. The quantitative estimate of drug-likeness (QED) is 0.888. The van der Waals surface area contributed by atoms with Crippen molar-refractivity contribution in [3.63, 3.8) is 0 Å². The summed E-state index contributed by atoms with van der Waals surface area (Å²) in [5.74, 6) is 0.978. The highest BCUT2D eigenvalue weighted by molar-refractivity contribution is 9.10. The van der Waals surface area contributed by atoms with Gasteiger partial charge in [0.1, 0.15) is 17.5 Å². The predicted molar refractivity (Wildman–Crippen MR) is 77.0 cm³/mol. The summed E-state index contributed by atoms with van der Waals surface area (Å²) in [4.78, 5) is 8.50. The molecule has 19 heavy (non-hydrogen) atoms. The molecule has 1 aromatic heterocycles. The van der Waals surface area contributed by atoms with Gasteiger partial charge in [-0.3, -0.25) is 0 Å². The van der Waals surface area contributed by atoms with E-state index in [4.69, 9.17) is 0 Å². The third-order valence-electron chi connectivity index (χ3n) is 2.50. The minimum atomic E-state index is -0.321. The fourth-order valence-electron chi connectivity index (χ4n) is 1.56. The molecule has 0 spiro atoms. The van der Waals surface area contributed by atoms with E-state index in [-0.39, 0.29) is 5.82 Å². The lowest BCUT2D eigenvalue weighted by Crippen LogP contribution is -2.12. The van der Waals surface area contributed by atoms with Gasteiger partial charge in [0, 0.05) is 23.6 Å². The number of rotatable bonds is 5. The molecule has 0 saturated carbocycles. The summed E-state index contributed by atoms with van der Waals surface area (Å²) in [5.41, 5.74) is 0.382. The van der Waals surface area contributed by atoms with Crippen LogP contribution < -0.4 is 10.6 Å². The molecular weight excluding hydrogens is 311 g/mol. The molecule has 4 nitrogen and oxygen atoms in total. The number of hydrogen-bond donors (Lipinski definition) is 2. The maximum Gasteiger partial charge on any atom is 0.146 e. The van der Waals surface area contributed by atoms with E-state index in [0.717, 1.165) is 23.3 Å². The van der Waals surface area contributed by atoms with Crippen LogP contribution in [0.1, 0.15) is 5.82 Å². The Kier molecular flexibility index (Phi) is 4.81. The zero-order valence-corrected chi connectivity index (χ0v) is 12.0. The standard InChI is InChI=1S/C13H14BrFN4/c1-16-6-4-12-17-7-5-13(19-12)18-11-8-9(14)2-3-10(11)15/h2-3,5,7-8,16H,4,6H2,1H3,(H,17,18,19). The van der Waals surface area contributed by atoms with Gasteiger partial charge >= 0.3 is 0 Å². The molecule has 1 aromatic carbocycles. The van der Waals surface area contributed by atoms with E-state index in [0.29, 0.717) is 11.5 Å². The second-order valence-corrected chi connectivity index (χ2v) is 4.88. The smallest absolute Gasteiger partial charge is 0.146 e. The van der Waals surface area contributed by atoms with E-state index in [1.54, 1.807) is 24.4 Å². The second-order valence-electron chi connectivity index (χ2n) is 3.96. The Bertz CT molecular complexity index is 562. The van der Waals surface area contributed by atoms with E-state index in [2.05, 4.69) is 36.5 Å². The van der Waals surface area contributed by atoms with E-state index >= 15 is 0 Å². The van der Waals surface area contributed by atoms with Crippen molar-refractivity contribution >= 4 is 27.4 Å². The van der Waals surface area contributed by atoms with Gasteiger partial charge in [-0.2, -0.15) is 0 Å². The number of hydrogen-bond acceptors (Lipinski definition) is 4. The largest absolute Gasteiger partial charge is 0.338 e. The zero-order valence-electron chi connectivity index (χ0n) is 10.5. The minimum Gasteiger partial charge on any atom is -0.338 e. The van der Waals surface area contributed by atoms with Crippen LogP contribution >= 0.6 is 15.9 Å². The van der Waals surface area contributed by atoms with Crippen LogP contribution in [0.2, 0.25) is 0 Å². The van der Waals surface area contributed by atoms with Crippen LogP contribution in [0.4, 0.5) is 15.9 Å². The minimum absolute atomic E-state index is 0.321. The molecule has 100 valence electrons. The van der Waals surface area contributed by atoms with Crippen LogP contribution in [0.3, 0.4) is 0 Å². The number of nitrogens with zero attached hydrogens (tertiary/aromatic N) is 2. The number of anilines is 2. The molecule has 2 N–H and O–H groups in total. The maximum atomic E-state index is 13.6. The molecule has 0 aliphatic rings. The van der Waals surface area contributed by atoms with Gasteiger partial charge in [-0.05, 0) is 31.3 Å². The summed E-state index contributed by atoms with van der Waals surface area (Å²) < 4.78 is 14.4. The number of halogens is 2. The average molecular weight is 325 g/mol. The number of aromatic nitrogens is 2. The second kappa shape index (κ2) is 6.58. The van der Waals surface area contributed by atoms with Crippen LogP contribution in [0.15, 0.2) is 34.9 Å². The molecule has 0 radical (unpaired) electrons. The van der Waals surface area contributed by atoms with E-state index in [1.807, 2.05) is 7.05 Å². The molecule has 2 rings (SSSR count). The first kappa shape index (κ1) is 13.9. The van der Waals surface area contributed by atoms with Gasteiger partial charge in [-0.1, -0.05) is 15.9 Å². The Hall–Kier alpha value is -1.53. The van der Waals surface area contributed by atoms with Crippen molar-refractivity contribution in [2.75, 3.05) is 18.9 Å². The van der Waals surface area contributed by atoms with E-state index < -0.39 is 0 Å². The highest BCUT2D eigenvalue weighted by Crippen LogP contribution is 2.22. The van der Waals surface area contributed by atoms with E-state index in [9.17, 15) is 4.39 Å². The molecule has 0 aliphatic carbocycles. The maximum absolute atomic E-state index is 13.6. The normalized spacial score (nSPS) is 10.5. The predicted octanol–water partition coefficient (Wildman–Crippen LogP) is 2.88. The molecule has 1 heterocycles. The molecule has 0 unspecified atom stereocenters. The Labute approximate surface area is 119 Å². The fraction of sp³-hybridized carbons (Fsp3) is 0.231. The van der Waals surface area contributed by atoms with Crippen molar-refractivity contribution in [2.24, 2.45) is 0 Å². The number of likely N-dealkylation sites (N-methyl/N-ethyl adjacent to an activating group) is 1. The lowest BCUT2D eigenvalue weighted by molar-refractivity contribution is 0.631. The molecule has 0 fully saturated rings. The van der Waals surface area contributed by atoms with Crippen molar-refractivity contribution < 1.29 is 4.39 Å². The van der Waals surface area contributed by atoms with Gasteiger partial charge in [0.2, 0.25) is 0 Å². The lowest BCUT2D eigenvalue weighted by atomic mass is 10.3. The molecule has 0 saturated heterocycles. The molecule has 0 aliphatic heterocycles. The Morgan fingerprint density at radius 1 is 1.32 bits per heavy atom. The zero-order chi connectivity index (χ0) is 13.7. The van der Waals surface area contributed by atoms with Gasteiger partial charge in [0.15, 0.2) is 0 Å². The van der Waals surface area contributed by atoms with Crippen LogP contribution in [0.5, 0.6) is 0 Å². The Balaban J connectivity index is 2.16. The van der Waals surface area contributed by atoms with Gasteiger partial charge in [0.05, 0.1) is 5.69 Å². The van der Waals surface area contributed by atoms with Crippen LogP contribution in [-0.2, 0) is 6.42 Å². The molecule has 0 amide bonds. The highest BCUT2D eigenvalue weighted by atomic mass is 79.9. The summed E-state index contributed by atoms with van der Waals surface area (Å²) in [5, 5.41) is 5.99. The lowest BCUT2D eigenvalue weighted by Gasteiger charge is -2.08. The Morgan fingerprint density at radius 2 is 2.16 bits per heavy atom. The van der Waals surface area contributed by atoms with Crippen molar-refractivity contribution in [1.29, 1.82) is 0 Å². The monoisotopic (exact) mass is 324 g/mol. The average Bonchev–Trinajstić information content (AvgIpc) is 2.41. The molecule has 0 bridgehead atoms. The fourth-order valence-corrected chi connectivity index (χ4v) is 1.92. The molecule has 0 atom stereocenters. The first-order valence-corrected chi connectivity index (χ1v) is 6.67. The summed E-state index contributed by atoms with van der Waals surface area (Å²) >= 11 is 3.31. The van der Waals surface area contributed by atoms with E-state index in [1.165, 1.54) is 6.07 Å².